The third-order valence-corrected chi connectivity index (χ3v) is 4.88. The zero-order chi connectivity index (χ0) is 14.9. The number of rotatable bonds is 4. The fraction of sp³-hybridized carbons (Fsp3) is 0.625. The largest absolute Gasteiger partial charge is 0.371 e. The molecule has 0 N–H and O–H groups in total. The van der Waals surface area contributed by atoms with Crippen molar-refractivity contribution in [3.05, 3.63) is 35.9 Å². The van der Waals surface area contributed by atoms with Crippen molar-refractivity contribution in [2.45, 2.75) is 48.5 Å². The summed E-state index contributed by atoms with van der Waals surface area (Å²) in [6, 6.07) is 10.2. The molecule has 0 aromatic heterocycles. The highest BCUT2D eigenvalue weighted by molar-refractivity contribution is 14.1. The van der Waals surface area contributed by atoms with Crippen LogP contribution in [0.3, 0.4) is 0 Å². The summed E-state index contributed by atoms with van der Waals surface area (Å²) in [7, 11) is 0. The van der Waals surface area contributed by atoms with Crippen molar-refractivity contribution in [2.24, 2.45) is 0 Å². The molecule has 5 heteroatoms. The lowest BCUT2D eigenvalue weighted by Crippen LogP contribution is -2.41. The van der Waals surface area contributed by atoms with Crippen LogP contribution in [-0.2, 0) is 25.6 Å². The standard InChI is InChI=1S/C16H21IO4/c1-16(2)20-10-13(21-16)15-14(12(17)9-19-15)18-8-11-6-4-3-5-7-11/h3-7,12-15H,8-10H2,1-2H3/t12-,13-,14-,15-/m0/s1. The predicted molar refractivity (Wildman–Crippen MR) is 87.5 cm³/mol. The summed E-state index contributed by atoms with van der Waals surface area (Å²) in [5, 5.41) is 0. The lowest BCUT2D eigenvalue weighted by molar-refractivity contribution is -0.161. The number of ether oxygens (including phenoxy) is 4. The zero-order valence-corrected chi connectivity index (χ0v) is 14.5. The highest BCUT2D eigenvalue weighted by Gasteiger charge is 2.47. The quantitative estimate of drug-likeness (QED) is 0.572. The molecule has 0 spiro atoms. The summed E-state index contributed by atoms with van der Waals surface area (Å²) in [6.45, 7) is 5.73. The maximum Gasteiger partial charge on any atom is 0.163 e. The van der Waals surface area contributed by atoms with Gasteiger partial charge in [-0.15, -0.1) is 0 Å². The molecule has 4 nitrogen and oxygen atoms in total. The van der Waals surface area contributed by atoms with Gasteiger partial charge in [0, 0.05) is 0 Å². The van der Waals surface area contributed by atoms with E-state index in [1.807, 2.05) is 32.0 Å². The average Bonchev–Trinajstić information content (AvgIpc) is 3.00. The normalized spacial score (nSPS) is 35.2. The Labute approximate surface area is 139 Å². The van der Waals surface area contributed by atoms with Crippen LogP contribution >= 0.6 is 22.6 Å². The molecule has 0 bridgehead atoms. The molecule has 2 aliphatic rings. The van der Waals surface area contributed by atoms with Crippen LogP contribution in [0.4, 0.5) is 0 Å². The van der Waals surface area contributed by atoms with Crippen LogP contribution in [0.15, 0.2) is 30.3 Å². The first-order valence-corrected chi connectivity index (χ1v) is 8.53. The van der Waals surface area contributed by atoms with Gasteiger partial charge in [-0.3, -0.25) is 0 Å². The average molecular weight is 404 g/mol. The number of halogens is 1. The molecule has 21 heavy (non-hydrogen) atoms. The van der Waals surface area contributed by atoms with Gasteiger partial charge in [-0.1, -0.05) is 52.9 Å². The van der Waals surface area contributed by atoms with E-state index in [4.69, 9.17) is 18.9 Å². The Bertz CT molecular complexity index is 465. The molecule has 2 heterocycles. The van der Waals surface area contributed by atoms with E-state index < -0.39 is 5.79 Å². The molecular weight excluding hydrogens is 383 g/mol. The number of hydrogen-bond acceptors (Lipinski definition) is 4. The number of hydrogen-bond donors (Lipinski definition) is 0. The second-order valence-electron chi connectivity index (χ2n) is 5.94. The van der Waals surface area contributed by atoms with Crippen LogP contribution in [-0.4, -0.2) is 41.2 Å². The van der Waals surface area contributed by atoms with E-state index >= 15 is 0 Å². The summed E-state index contributed by atoms with van der Waals surface area (Å²) < 4.78 is 24.0. The smallest absolute Gasteiger partial charge is 0.163 e. The van der Waals surface area contributed by atoms with Crippen molar-refractivity contribution in [2.75, 3.05) is 13.2 Å². The fourth-order valence-corrected chi connectivity index (χ4v) is 3.59. The Hall–Kier alpha value is -0.210. The third-order valence-electron chi connectivity index (χ3n) is 3.81. The van der Waals surface area contributed by atoms with Gasteiger partial charge in [-0.25, -0.2) is 0 Å². The molecule has 0 radical (unpaired) electrons. The van der Waals surface area contributed by atoms with Gasteiger partial charge in [0.2, 0.25) is 0 Å². The summed E-state index contributed by atoms with van der Waals surface area (Å²) in [6.07, 6.45) is -0.0776. The molecule has 1 aromatic carbocycles. The molecule has 116 valence electrons. The Kier molecular flexibility index (Phi) is 4.85. The van der Waals surface area contributed by atoms with E-state index in [2.05, 4.69) is 34.7 Å². The van der Waals surface area contributed by atoms with Gasteiger partial charge in [0.15, 0.2) is 5.79 Å². The van der Waals surface area contributed by atoms with Crippen LogP contribution in [0.25, 0.3) is 0 Å². The fourth-order valence-electron chi connectivity index (χ4n) is 2.76. The summed E-state index contributed by atoms with van der Waals surface area (Å²) in [5.41, 5.74) is 1.18. The Balaban J connectivity index is 1.62. The van der Waals surface area contributed by atoms with Gasteiger partial charge in [-0.05, 0) is 19.4 Å². The van der Waals surface area contributed by atoms with E-state index in [0.717, 1.165) is 0 Å². The van der Waals surface area contributed by atoms with E-state index in [1.54, 1.807) is 0 Å². The molecule has 2 fully saturated rings. The molecule has 0 unspecified atom stereocenters. The highest BCUT2D eigenvalue weighted by Crippen LogP contribution is 2.33. The zero-order valence-electron chi connectivity index (χ0n) is 12.3. The Morgan fingerprint density at radius 3 is 2.67 bits per heavy atom. The Morgan fingerprint density at radius 1 is 1.24 bits per heavy atom. The van der Waals surface area contributed by atoms with Gasteiger partial charge < -0.3 is 18.9 Å². The van der Waals surface area contributed by atoms with Crippen LogP contribution < -0.4 is 0 Å². The molecule has 0 amide bonds. The van der Waals surface area contributed by atoms with Crippen LogP contribution in [0.2, 0.25) is 0 Å². The first kappa shape index (κ1) is 15.7. The van der Waals surface area contributed by atoms with Crippen molar-refractivity contribution < 1.29 is 18.9 Å². The lowest BCUT2D eigenvalue weighted by atomic mass is 10.1. The van der Waals surface area contributed by atoms with Gasteiger partial charge >= 0.3 is 0 Å². The minimum Gasteiger partial charge on any atom is -0.371 e. The van der Waals surface area contributed by atoms with Gasteiger partial charge in [-0.2, -0.15) is 0 Å². The molecule has 0 saturated carbocycles. The molecule has 1 aromatic rings. The van der Waals surface area contributed by atoms with Crippen molar-refractivity contribution in [1.82, 2.24) is 0 Å². The molecule has 2 saturated heterocycles. The van der Waals surface area contributed by atoms with Crippen molar-refractivity contribution >= 4 is 22.6 Å². The highest BCUT2D eigenvalue weighted by atomic mass is 127. The van der Waals surface area contributed by atoms with E-state index in [9.17, 15) is 0 Å². The van der Waals surface area contributed by atoms with Crippen molar-refractivity contribution in [3.8, 4) is 0 Å². The summed E-state index contributed by atoms with van der Waals surface area (Å²) in [5.74, 6) is -0.526. The van der Waals surface area contributed by atoms with E-state index in [1.165, 1.54) is 5.56 Å². The van der Waals surface area contributed by atoms with Gasteiger partial charge in [0.1, 0.15) is 18.3 Å². The first-order valence-electron chi connectivity index (χ1n) is 7.28. The second-order valence-corrected chi connectivity index (χ2v) is 7.54. The van der Waals surface area contributed by atoms with Gasteiger partial charge in [0.05, 0.1) is 23.7 Å². The van der Waals surface area contributed by atoms with Crippen molar-refractivity contribution in [1.29, 1.82) is 0 Å². The van der Waals surface area contributed by atoms with Gasteiger partial charge in [0.25, 0.3) is 0 Å². The predicted octanol–water partition coefficient (Wildman–Crippen LogP) is 2.93. The van der Waals surface area contributed by atoms with Crippen LogP contribution in [0.1, 0.15) is 19.4 Å². The lowest BCUT2D eigenvalue weighted by Gasteiger charge is -2.26. The van der Waals surface area contributed by atoms with E-state index in [0.29, 0.717) is 23.7 Å². The van der Waals surface area contributed by atoms with Crippen LogP contribution in [0, 0.1) is 0 Å². The minimum absolute atomic E-state index is 0.0355. The van der Waals surface area contributed by atoms with Crippen LogP contribution in [0.5, 0.6) is 0 Å². The first-order chi connectivity index (χ1) is 10.1. The van der Waals surface area contributed by atoms with Crippen molar-refractivity contribution in [3.63, 3.8) is 0 Å². The maximum atomic E-state index is 6.13. The molecule has 4 atom stereocenters. The molecule has 2 aliphatic heterocycles. The summed E-state index contributed by atoms with van der Waals surface area (Å²) >= 11 is 2.40. The summed E-state index contributed by atoms with van der Waals surface area (Å²) in [4.78, 5) is 0. The maximum absolute atomic E-state index is 6.13. The third kappa shape index (κ3) is 3.76. The monoisotopic (exact) mass is 404 g/mol. The SMILES string of the molecule is CC1(C)OC[C@@H]([C@@H]2OC[C@H](I)[C@@H]2OCc2ccccc2)O1. The number of benzene rings is 1. The Morgan fingerprint density at radius 2 is 2.00 bits per heavy atom. The van der Waals surface area contributed by atoms with E-state index in [-0.39, 0.29) is 18.3 Å². The molecule has 0 aliphatic carbocycles. The minimum atomic E-state index is -0.526. The molecular formula is C16H21IO4. The second kappa shape index (κ2) is 6.50. The number of alkyl halides is 1. The topological polar surface area (TPSA) is 36.9 Å². The molecule has 3 rings (SSSR count).